The number of hydrogen-bond donors (Lipinski definition) is 2. The molecule has 1 atom stereocenters. The molecule has 0 heterocycles. The normalized spacial score (nSPS) is 13.5. The zero-order chi connectivity index (χ0) is 10.8. The van der Waals surface area contributed by atoms with Crippen molar-refractivity contribution in [3.05, 3.63) is 0 Å². The second-order valence-electron chi connectivity index (χ2n) is 3.73. The molecule has 14 heavy (non-hydrogen) atoms. The third-order valence-corrected chi connectivity index (χ3v) is 3.03. The summed E-state index contributed by atoms with van der Waals surface area (Å²) in [6, 6.07) is 0. The predicted molar refractivity (Wildman–Crippen MR) is 66.1 cm³/mol. The number of hydrogen-bond acceptors (Lipinski definition) is 3. The Labute approximate surface area is 94.1 Å². The van der Waals surface area contributed by atoms with E-state index in [2.05, 4.69) is 31.4 Å². The first-order valence-corrected chi connectivity index (χ1v) is 6.35. The average molecular weight is 219 g/mol. The van der Waals surface area contributed by atoms with E-state index in [1.807, 2.05) is 0 Å². The van der Waals surface area contributed by atoms with Crippen LogP contribution in [0, 0.1) is 5.92 Å². The minimum Gasteiger partial charge on any atom is -0.396 e. The molecule has 0 aromatic carbocycles. The van der Waals surface area contributed by atoms with Crippen molar-refractivity contribution in [3.63, 3.8) is 0 Å². The lowest BCUT2D eigenvalue weighted by atomic mass is 10.0. The highest BCUT2D eigenvalue weighted by atomic mass is 32.1. The predicted octanol–water partition coefficient (Wildman–Crippen LogP) is 2.04. The van der Waals surface area contributed by atoms with Crippen LogP contribution in [0.3, 0.4) is 0 Å². The Morgan fingerprint density at radius 1 is 1.21 bits per heavy atom. The smallest absolute Gasteiger partial charge is 0.0459 e. The van der Waals surface area contributed by atoms with Gasteiger partial charge in [0.05, 0.1) is 0 Å². The second-order valence-corrected chi connectivity index (χ2v) is 4.18. The van der Waals surface area contributed by atoms with Crippen LogP contribution in [-0.2, 0) is 0 Å². The zero-order valence-corrected chi connectivity index (χ0v) is 10.5. The fourth-order valence-corrected chi connectivity index (χ4v) is 2.02. The van der Waals surface area contributed by atoms with Gasteiger partial charge < -0.3 is 10.0 Å². The van der Waals surface area contributed by atoms with E-state index in [-0.39, 0.29) is 0 Å². The fourth-order valence-electron chi connectivity index (χ4n) is 1.65. The van der Waals surface area contributed by atoms with Crippen molar-refractivity contribution >= 4 is 12.6 Å². The molecule has 0 aliphatic carbocycles. The third kappa shape index (κ3) is 6.68. The van der Waals surface area contributed by atoms with E-state index >= 15 is 0 Å². The van der Waals surface area contributed by atoms with Gasteiger partial charge in [-0.3, -0.25) is 0 Å². The summed E-state index contributed by atoms with van der Waals surface area (Å²) in [5, 5.41) is 9.09. The minimum absolute atomic E-state index is 0.318. The van der Waals surface area contributed by atoms with Crippen molar-refractivity contribution in [3.8, 4) is 0 Å². The van der Waals surface area contributed by atoms with E-state index in [1.54, 1.807) is 0 Å². The van der Waals surface area contributed by atoms with Gasteiger partial charge in [0, 0.05) is 6.61 Å². The van der Waals surface area contributed by atoms with Gasteiger partial charge in [-0.15, -0.1) is 0 Å². The molecule has 1 N–H and O–H groups in total. The molecule has 0 unspecified atom stereocenters. The Hall–Kier alpha value is 0.270. The highest BCUT2D eigenvalue weighted by Gasteiger charge is 2.07. The van der Waals surface area contributed by atoms with Crippen molar-refractivity contribution in [2.75, 3.05) is 32.0 Å². The Balaban J connectivity index is 3.48. The molecule has 0 saturated heterocycles. The Morgan fingerprint density at radius 3 is 2.29 bits per heavy atom. The highest BCUT2D eigenvalue weighted by molar-refractivity contribution is 7.80. The van der Waals surface area contributed by atoms with Crippen molar-refractivity contribution < 1.29 is 5.11 Å². The van der Waals surface area contributed by atoms with Crippen molar-refractivity contribution in [2.45, 2.75) is 33.1 Å². The first-order valence-electron chi connectivity index (χ1n) is 5.72. The van der Waals surface area contributed by atoms with Gasteiger partial charge in [0.2, 0.25) is 0 Å². The lowest BCUT2D eigenvalue weighted by Crippen LogP contribution is -2.24. The Bertz CT molecular complexity index is 118. The Kier molecular flexibility index (Phi) is 10.0. The van der Waals surface area contributed by atoms with Crippen molar-refractivity contribution in [1.29, 1.82) is 0 Å². The van der Waals surface area contributed by atoms with Gasteiger partial charge in [-0.25, -0.2) is 0 Å². The molecule has 2 nitrogen and oxygen atoms in total. The maximum absolute atomic E-state index is 9.09. The molecular formula is C11H25NOS. The average Bonchev–Trinajstić information content (AvgIpc) is 2.23. The molecule has 0 spiro atoms. The summed E-state index contributed by atoms with van der Waals surface area (Å²) >= 11 is 4.19. The monoisotopic (exact) mass is 219 g/mol. The first-order chi connectivity index (χ1) is 6.78. The molecule has 0 amide bonds. The van der Waals surface area contributed by atoms with Crippen LogP contribution in [0.2, 0.25) is 0 Å². The van der Waals surface area contributed by atoms with Gasteiger partial charge in [0.25, 0.3) is 0 Å². The molecule has 0 aromatic rings. The highest BCUT2D eigenvalue weighted by Crippen LogP contribution is 2.11. The van der Waals surface area contributed by atoms with Gasteiger partial charge in [-0.1, -0.05) is 13.8 Å². The first kappa shape index (κ1) is 14.3. The summed E-state index contributed by atoms with van der Waals surface area (Å²) in [7, 11) is 0. The molecule has 0 saturated carbocycles. The zero-order valence-electron chi connectivity index (χ0n) is 9.58. The lowest BCUT2D eigenvalue weighted by Gasteiger charge is -2.19. The van der Waals surface area contributed by atoms with E-state index in [1.165, 1.54) is 6.42 Å². The molecule has 0 aromatic heterocycles. The van der Waals surface area contributed by atoms with Gasteiger partial charge in [-0.2, -0.15) is 12.6 Å². The fraction of sp³-hybridized carbons (Fsp3) is 1.00. The molecule has 0 aliphatic rings. The maximum Gasteiger partial charge on any atom is 0.0459 e. The number of aliphatic hydroxyl groups excluding tert-OH is 1. The molecule has 0 rings (SSSR count). The molecule has 3 heteroatoms. The van der Waals surface area contributed by atoms with E-state index in [0.717, 1.165) is 38.2 Å². The maximum atomic E-state index is 9.09. The summed E-state index contributed by atoms with van der Waals surface area (Å²) < 4.78 is 0. The number of thiol groups is 1. The SMILES string of the molecule is CCN(CC)CCC[C@@H](CO)CCS. The van der Waals surface area contributed by atoms with Crippen LogP contribution in [0.1, 0.15) is 33.1 Å². The summed E-state index contributed by atoms with van der Waals surface area (Å²) in [5.41, 5.74) is 0. The summed E-state index contributed by atoms with van der Waals surface area (Å²) in [6.45, 7) is 8.14. The molecule has 86 valence electrons. The van der Waals surface area contributed by atoms with E-state index in [4.69, 9.17) is 5.11 Å². The van der Waals surface area contributed by atoms with Crippen molar-refractivity contribution in [1.82, 2.24) is 4.90 Å². The quantitative estimate of drug-likeness (QED) is 0.580. The third-order valence-electron chi connectivity index (χ3n) is 2.78. The lowest BCUT2D eigenvalue weighted by molar-refractivity contribution is 0.204. The van der Waals surface area contributed by atoms with Crippen LogP contribution in [0.15, 0.2) is 0 Å². The van der Waals surface area contributed by atoms with Crippen LogP contribution in [0.4, 0.5) is 0 Å². The van der Waals surface area contributed by atoms with Crippen LogP contribution >= 0.6 is 12.6 Å². The summed E-state index contributed by atoms with van der Waals surface area (Å²) in [4.78, 5) is 2.43. The van der Waals surface area contributed by atoms with Crippen LogP contribution in [-0.4, -0.2) is 42.0 Å². The molecule has 0 aliphatic heterocycles. The van der Waals surface area contributed by atoms with E-state index < -0.39 is 0 Å². The van der Waals surface area contributed by atoms with E-state index in [0.29, 0.717) is 12.5 Å². The number of rotatable bonds is 9. The summed E-state index contributed by atoms with van der Waals surface area (Å²) in [5.74, 6) is 1.35. The summed E-state index contributed by atoms with van der Waals surface area (Å²) in [6.07, 6.45) is 3.37. The van der Waals surface area contributed by atoms with E-state index in [9.17, 15) is 0 Å². The molecule has 0 bridgehead atoms. The molecule has 0 radical (unpaired) electrons. The number of aliphatic hydroxyl groups is 1. The largest absolute Gasteiger partial charge is 0.396 e. The molecular weight excluding hydrogens is 194 g/mol. The van der Waals surface area contributed by atoms with Gasteiger partial charge in [0.1, 0.15) is 0 Å². The van der Waals surface area contributed by atoms with Crippen LogP contribution < -0.4 is 0 Å². The Morgan fingerprint density at radius 2 is 1.86 bits per heavy atom. The van der Waals surface area contributed by atoms with Crippen LogP contribution in [0.5, 0.6) is 0 Å². The van der Waals surface area contributed by atoms with Crippen LogP contribution in [0.25, 0.3) is 0 Å². The van der Waals surface area contributed by atoms with Gasteiger partial charge >= 0.3 is 0 Å². The van der Waals surface area contributed by atoms with Gasteiger partial charge in [-0.05, 0) is 50.6 Å². The molecule has 0 fully saturated rings. The number of nitrogens with zero attached hydrogens (tertiary/aromatic N) is 1. The van der Waals surface area contributed by atoms with Crippen molar-refractivity contribution in [2.24, 2.45) is 5.92 Å². The van der Waals surface area contributed by atoms with Gasteiger partial charge in [0.15, 0.2) is 0 Å². The standard InChI is InChI=1S/C11H25NOS/c1-3-12(4-2)8-5-6-11(10-13)7-9-14/h11,13-14H,3-10H2,1-2H3/t11-/m1/s1. The topological polar surface area (TPSA) is 23.5 Å². The minimum atomic E-state index is 0.318. The second kappa shape index (κ2) is 9.81.